The second-order valence-electron chi connectivity index (χ2n) is 5.02. The van der Waals surface area contributed by atoms with E-state index >= 15 is 0 Å². The van der Waals surface area contributed by atoms with Crippen molar-refractivity contribution in [3.8, 4) is 0 Å². The molecule has 1 saturated heterocycles. The lowest BCUT2D eigenvalue weighted by atomic mass is 10.1. The lowest BCUT2D eigenvalue weighted by Gasteiger charge is -2.28. The molecule has 0 aliphatic carbocycles. The van der Waals surface area contributed by atoms with E-state index in [1.165, 1.54) is 19.3 Å². The smallest absolute Gasteiger partial charge is 0.315 e. The molecule has 0 spiro atoms. The predicted molar refractivity (Wildman–Crippen MR) is 68.0 cm³/mol. The summed E-state index contributed by atoms with van der Waals surface area (Å²) >= 11 is 0. The molecule has 1 fully saturated rings. The molecule has 2 amide bonds. The molecule has 1 atom stereocenters. The molecule has 0 aromatic rings. The molecule has 0 aromatic carbocycles. The lowest BCUT2D eigenvalue weighted by molar-refractivity contribution is 0.101. The number of aliphatic hydroxyl groups excluding tert-OH is 1. The Morgan fingerprint density at radius 2 is 1.94 bits per heavy atom. The first kappa shape index (κ1) is 14.3. The van der Waals surface area contributed by atoms with E-state index in [4.69, 9.17) is 0 Å². The summed E-state index contributed by atoms with van der Waals surface area (Å²) in [5.74, 6) is 0. The first-order valence-electron chi connectivity index (χ1n) is 6.52. The fourth-order valence-corrected chi connectivity index (χ4v) is 2.03. The number of rotatable bonds is 5. The summed E-state index contributed by atoms with van der Waals surface area (Å²) < 4.78 is 0. The maximum absolute atomic E-state index is 11.3. The van der Waals surface area contributed by atoms with Gasteiger partial charge in [-0.1, -0.05) is 6.42 Å². The van der Waals surface area contributed by atoms with Crippen LogP contribution in [0.2, 0.25) is 0 Å². The minimum absolute atomic E-state index is 0.120. The van der Waals surface area contributed by atoms with Crippen molar-refractivity contribution in [1.82, 2.24) is 15.5 Å². The maximum Gasteiger partial charge on any atom is 0.315 e. The first-order valence-corrected chi connectivity index (χ1v) is 6.52. The van der Waals surface area contributed by atoms with Crippen LogP contribution >= 0.6 is 0 Å². The lowest BCUT2D eigenvalue weighted by Crippen LogP contribution is -2.46. The van der Waals surface area contributed by atoms with Gasteiger partial charge in [-0.05, 0) is 39.8 Å². The van der Waals surface area contributed by atoms with Crippen molar-refractivity contribution in [2.24, 2.45) is 0 Å². The maximum atomic E-state index is 11.3. The molecule has 1 heterocycles. The van der Waals surface area contributed by atoms with Gasteiger partial charge in [-0.25, -0.2) is 4.79 Å². The van der Waals surface area contributed by atoms with Crippen molar-refractivity contribution in [2.75, 3.05) is 26.2 Å². The molecule has 1 aliphatic heterocycles. The van der Waals surface area contributed by atoms with Crippen LogP contribution in [0.15, 0.2) is 0 Å². The molecule has 1 aliphatic rings. The number of carbonyl (C=O) groups excluding carboxylic acids is 1. The van der Waals surface area contributed by atoms with Crippen molar-refractivity contribution in [1.29, 1.82) is 0 Å². The number of urea groups is 1. The van der Waals surface area contributed by atoms with Crippen molar-refractivity contribution < 1.29 is 9.90 Å². The van der Waals surface area contributed by atoms with Crippen LogP contribution in [0.5, 0.6) is 0 Å². The van der Waals surface area contributed by atoms with Crippen LogP contribution in [0, 0.1) is 0 Å². The molecular formula is C12H25N3O2. The second-order valence-corrected chi connectivity index (χ2v) is 5.02. The third-order valence-corrected chi connectivity index (χ3v) is 2.84. The van der Waals surface area contributed by atoms with Crippen LogP contribution in [0.1, 0.15) is 33.1 Å². The van der Waals surface area contributed by atoms with E-state index in [0.29, 0.717) is 13.1 Å². The Morgan fingerprint density at radius 1 is 1.29 bits per heavy atom. The first-order chi connectivity index (χ1) is 8.08. The van der Waals surface area contributed by atoms with Crippen molar-refractivity contribution in [2.45, 2.75) is 45.3 Å². The summed E-state index contributed by atoms with van der Waals surface area (Å²) in [6, 6.07) is -0.0908. The van der Waals surface area contributed by atoms with E-state index in [1.807, 2.05) is 13.8 Å². The number of hydrogen-bond acceptors (Lipinski definition) is 3. The van der Waals surface area contributed by atoms with Crippen LogP contribution in [0.4, 0.5) is 4.79 Å². The molecule has 3 N–H and O–H groups in total. The Hall–Kier alpha value is -0.810. The number of nitrogens with one attached hydrogen (secondary N) is 2. The number of hydrogen-bond donors (Lipinski definition) is 3. The van der Waals surface area contributed by atoms with Crippen LogP contribution in [0.25, 0.3) is 0 Å². The van der Waals surface area contributed by atoms with Gasteiger partial charge < -0.3 is 20.6 Å². The summed E-state index contributed by atoms with van der Waals surface area (Å²) in [7, 11) is 0. The largest absolute Gasteiger partial charge is 0.390 e. The van der Waals surface area contributed by atoms with Crippen molar-refractivity contribution in [3.63, 3.8) is 0 Å². The molecule has 0 aromatic heterocycles. The van der Waals surface area contributed by atoms with Crippen molar-refractivity contribution in [3.05, 3.63) is 0 Å². The SMILES string of the molecule is CC(C)NC(=O)NC[C@@H](O)CN1CCCCC1. The van der Waals surface area contributed by atoms with E-state index in [1.54, 1.807) is 0 Å². The zero-order valence-electron chi connectivity index (χ0n) is 10.9. The van der Waals surface area contributed by atoms with Crippen LogP contribution < -0.4 is 10.6 Å². The number of β-amino-alcohol motifs (C(OH)–C–C–N with tert-alkyl or cyclic N) is 1. The van der Waals surface area contributed by atoms with Crippen LogP contribution in [-0.2, 0) is 0 Å². The summed E-state index contributed by atoms with van der Waals surface area (Å²) in [6.07, 6.45) is 3.25. The van der Waals surface area contributed by atoms with E-state index in [2.05, 4.69) is 15.5 Å². The Kier molecular flexibility index (Phi) is 6.29. The molecular weight excluding hydrogens is 218 g/mol. The number of likely N-dealkylation sites (tertiary alicyclic amines) is 1. The number of nitrogens with zero attached hydrogens (tertiary/aromatic N) is 1. The average molecular weight is 243 g/mol. The zero-order chi connectivity index (χ0) is 12.7. The number of carbonyl (C=O) groups is 1. The quantitative estimate of drug-likeness (QED) is 0.660. The highest BCUT2D eigenvalue weighted by Crippen LogP contribution is 2.08. The van der Waals surface area contributed by atoms with Crippen LogP contribution in [0.3, 0.4) is 0 Å². The van der Waals surface area contributed by atoms with Crippen molar-refractivity contribution >= 4 is 6.03 Å². The summed E-state index contributed by atoms with van der Waals surface area (Å²) in [6.45, 7) is 6.91. The molecule has 0 radical (unpaired) electrons. The molecule has 0 bridgehead atoms. The highest BCUT2D eigenvalue weighted by Gasteiger charge is 2.15. The van der Waals surface area contributed by atoms with Gasteiger partial charge in [0.05, 0.1) is 6.10 Å². The topological polar surface area (TPSA) is 64.6 Å². The minimum atomic E-state index is -0.481. The third-order valence-electron chi connectivity index (χ3n) is 2.84. The van der Waals surface area contributed by atoms with E-state index < -0.39 is 6.10 Å². The normalized spacial score (nSPS) is 19.1. The Balaban J connectivity index is 2.11. The Morgan fingerprint density at radius 3 is 2.53 bits per heavy atom. The Bertz CT molecular complexity index is 228. The molecule has 1 rings (SSSR count). The monoisotopic (exact) mass is 243 g/mol. The van der Waals surface area contributed by atoms with Gasteiger partial charge in [-0.3, -0.25) is 0 Å². The van der Waals surface area contributed by atoms with Gasteiger partial charge in [0.15, 0.2) is 0 Å². The summed E-state index contributed by atoms with van der Waals surface area (Å²) in [5.41, 5.74) is 0. The van der Waals surface area contributed by atoms with Gasteiger partial charge in [0, 0.05) is 19.1 Å². The van der Waals surface area contributed by atoms with Gasteiger partial charge in [0.25, 0.3) is 0 Å². The van der Waals surface area contributed by atoms with Gasteiger partial charge in [0.1, 0.15) is 0 Å². The van der Waals surface area contributed by atoms with Crippen LogP contribution in [-0.4, -0.2) is 54.4 Å². The molecule has 5 heteroatoms. The molecule has 100 valence electrons. The highest BCUT2D eigenvalue weighted by molar-refractivity contribution is 5.74. The minimum Gasteiger partial charge on any atom is -0.390 e. The highest BCUT2D eigenvalue weighted by atomic mass is 16.3. The molecule has 0 saturated carbocycles. The molecule has 17 heavy (non-hydrogen) atoms. The van der Waals surface area contributed by atoms with Gasteiger partial charge >= 0.3 is 6.03 Å². The average Bonchev–Trinajstić information content (AvgIpc) is 2.27. The number of aliphatic hydroxyl groups is 1. The Labute approximate surface area is 104 Å². The fourth-order valence-electron chi connectivity index (χ4n) is 2.03. The van der Waals surface area contributed by atoms with Gasteiger partial charge in [-0.15, -0.1) is 0 Å². The summed E-state index contributed by atoms with van der Waals surface area (Å²) in [4.78, 5) is 13.6. The standard InChI is InChI=1S/C12H25N3O2/c1-10(2)14-12(17)13-8-11(16)9-15-6-4-3-5-7-15/h10-11,16H,3-9H2,1-2H3,(H2,13,14,17)/t11-/m1/s1. The number of amides is 2. The van der Waals surface area contributed by atoms with Gasteiger partial charge in [0.2, 0.25) is 0 Å². The zero-order valence-corrected chi connectivity index (χ0v) is 10.9. The van der Waals surface area contributed by atoms with E-state index in [-0.39, 0.29) is 12.1 Å². The summed E-state index contributed by atoms with van der Waals surface area (Å²) in [5, 5.41) is 15.2. The fraction of sp³-hybridized carbons (Fsp3) is 0.917. The molecule has 5 nitrogen and oxygen atoms in total. The van der Waals surface area contributed by atoms with E-state index in [0.717, 1.165) is 13.1 Å². The number of piperidine rings is 1. The second kappa shape index (κ2) is 7.50. The van der Waals surface area contributed by atoms with Gasteiger partial charge in [-0.2, -0.15) is 0 Å². The predicted octanol–water partition coefficient (Wildman–Crippen LogP) is 0.541. The van der Waals surface area contributed by atoms with E-state index in [9.17, 15) is 9.90 Å². The third kappa shape index (κ3) is 6.48. The molecule has 0 unspecified atom stereocenters.